The van der Waals surface area contributed by atoms with Crippen molar-refractivity contribution < 1.29 is 14.3 Å². The molecule has 8 heteroatoms. The lowest BCUT2D eigenvalue weighted by atomic mass is 10.2. The second-order valence-corrected chi connectivity index (χ2v) is 5.19. The zero-order chi connectivity index (χ0) is 15.7. The van der Waals surface area contributed by atoms with E-state index in [4.69, 9.17) is 15.2 Å². The third kappa shape index (κ3) is 3.40. The van der Waals surface area contributed by atoms with E-state index in [1.807, 2.05) is 17.8 Å². The molecule has 2 aromatic rings. The first-order valence-electron chi connectivity index (χ1n) is 6.95. The number of likely N-dealkylation sites (N-methyl/N-ethyl adjacent to an activating group) is 1. The van der Waals surface area contributed by atoms with Gasteiger partial charge in [0.05, 0.1) is 5.69 Å². The minimum absolute atomic E-state index is 0. The van der Waals surface area contributed by atoms with Crippen molar-refractivity contribution in [3.63, 3.8) is 0 Å². The highest BCUT2D eigenvalue weighted by Gasteiger charge is 2.26. The van der Waals surface area contributed by atoms with Crippen molar-refractivity contribution in [3.8, 4) is 11.5 Å². The Bertz CT molecular complexity index is 704. The summed E-state index contributed by atoms with van der Waals surface area (Å²) >= 11 is 0. The van der Waals surface area contributed by atoms with Crippen LogP contribution in [-0.2, 0) is 18.4 Å². The number of imidazole rings is 1. The van der Waals surface area contributed by atoms with Gasteiger partial charge in [0, 0.05) is 32.6 Å². The average Bonchev–Trinajstić information content (AvgIpc) is 2.90. The molecule has 124 valence electrons. The summed E-state index contributed by atoms with van der Waals surface area (Å²) in [5.74, 6) is 1.89. The number of halogens is 1. The van der Waals surface area contributed by atoms with Gasteiger partial charge in [0.1, 0.15) is 36.6 Å². The molecule has 23 heavy (non-hydrogen) atoms. The predicted octanol–water partition coefficient (Wildman–Crippen LogP) is 1.10. The van der Waals surface area contributed by atoms with Crippen molar-refractivity contribution in [3.05, 3.63) is 36.4 Å². The molecular weight excluding hydrogens is 320 g/mol. The number of nitrogens with zero attached hydrogens (tertiary/aromatic N) is 3. The van der Waals surface area contributed by atoms with Crippen LogP contribution in [0.4, 0.5) is 5.69 Å². The Balaban J connectivity index is 0.00000192. The summed E-state index contributed by atoms with van der Waals surface area (Å²) < 4.78 is 13.2. The summed E-state index contributed by atoms with van der Waals surface area (Å²) in [6.07, 6.45) is 3.58. The average molecular weight is 339 g/mol. The number of aryl methyl sites for hydroxylation is 1. The Kier molecular flexibility index (Phi) is 5.12. The Morgan fingerprint density at radius 3 is 2.91 bits per heavy atom. The standard InChI is InChI=1S/C15H18N4O3.ClH/c1-18-6-5-17-14(18)9-21-10-3-4-13-12(7-10)19(2)15(20)11(16)8-22-13;/h3-7,11H,8-9,16H2,1-2H3;1H/t11-;/m0./s1. The molecule has 1 amide bonds. The van der Waals surface area contributed by atoms with Crippen molar-refractivity contribution in [2.75, 3.05) is 18.6 Å². The topological polar surface area (TPSA) is 82.6 Å². The lowest BCUT2D eigenvalue weighted by molar-refractivity contribution is -0.119. The summed E-state index contributed by atoms with van der Waals surface area (Å²) in [6, 6.07) is 4.70. The molecule has 1 aromatic heterocycles. The lowest BCUT2D eigenvalue weighted by Gasteiger charge is -2.18. The molecule has 0 saturated carbocycles. The van der Waals surface area contributed by atoms with Gasteiger partial charge in [-0.2, -0.15) is 0 Å². The van der Waals surface area contributed by atoms with Crippen LogP contribution in [0.2, 0.25) is 0 Å². The smallest absolute Gasteiger partial charge is 0.247 e. The highest BCUT2D eigenvalue weighted by atomic mass is 35.5. The largest absolute Gasteiger partial charge is 0.489 e. The molecule has 0 saturated heterocycles. The van der Waals surface area contributed by atoms with Gasteiger partial charge in [0.2, 0.25) is 5.91 Å². The number of aromatic nitrogens is 2. The number of hydrogen-bond acceptors (Lipinski definition) is 5. The molecule has 7 nitrogen and oxygen atoms in total. The van der Waals surface area contributed by atoms with Crippen molar-refractivity contribution in [2.24, 2.45) is 12.8 Å². The Labute approximate surface area is 140 Å². The molecule has 1 aromatic carbocycles. The molecule has 1 aliphatic rings. The number of rotatable bonds is 3. The number of benzene rings is 1. The zero-order valence-corrected chi connectivity index (χ0v) is 13.7. The molecule has 3 rings (SSSR count). The molecule has 0 radical (unpaired) electrons. The second kappa shape index (κ2) is 6.89. The van der Waals surface area contributed by atoms with Crippen LogP contribution < -0.4 is 20.1 Å². The first-order valence-corrected chi connectivity index (χ1v) is 6.95. The van der Waals surface area contributed by atoms with E-state index in [-0.39, 0.29) is 24.9 Å². The summed E-state index contributed by atoms with van der Waals surface area (Å²) in [5.41, 5.74) is 6.42. The number of ether oxygens (including phenoxy) is 2. The van der Waals surface area contributed by atoms with Crippen LogP contribution in [0, 0.1) is 0 Å². The van der Waals surface area contributed by atoms with Gasteiger partial charge in [0.25, 0.3) is 0 Å². The number of hydrogen-bond donors (Lipinski definition) is 1. The molecule has 0 fully saturated rings. The van der Waals surface area contributed by atoms with Gasteiger partial charge in [-0.25, -0.2) is 4.98 Å². The number of anilines is 1. The third-order valence-electron chi connectivity index (χ3n) is 3.65. The highest BCUT2D eigenvalue weighted by Crippen LogP contribution is 2.34. The molecule has 0 aliphatic carbocycles. The van der Waals surface area contributed by atoms with Crippen LogP contribution in [0.15, 0.2) is 30.6 Å². The maximum atomic E-state index is 12.1. The molecular formula is C15H19ClN4O3. The minimum atomic E-state index is -0.658. The van der Waals surface area contributed by atoms with E-state index in [2.05, 4.69) is 4.98 Å². The van der Waals surface area contributed by atoms with E-state index in [1.54, 1.807) is 31.4 Å². The first kappa shape index (κ1) is 17.1. The van der Waals surface area contributed by atoms with Crippen LogP contribution in [0.1, 0.15) is 5.82 Å². The number of carbonyl (C=O) groups excluding carboxylic acids is 1. The normalized spacial score (nSPS) is 16.9. The van der Waals surface area contributed by atoms with Crippen LogP contribution in [0.25, 0.3) is 0 Å². The van der Waals surface area contributed by atoms with Gasteiger partial charge >= 0.3 is 0 Å². The van der Waals surface area contributed by atoms with Crippen molar-refractivity contribution >= 4 is 24.0 Å². The van der Waals surface area contributed by atoms with Gasteiger partial charge in [-0.1, -0.05) is 0 Å². The number of carbonyl (C=O) groups is 1. The Morgan fingerprint density at radius 2 is 2.22 bits per heavy atom. The van der Waals surface area contributed by atoms with Gasteiger partial charge in [-0.05, 0) is 12.1 Å². The predicted molar refractivity (Wildman–Crippen MR) is 88.1 cm³/mol. The molecule has 0 bridgehead atoms. The van der Waals surface area contributed by atoms with E-state index >= 15 is 0 Å². The lowest BCUT2D eigenvalue weighted by Crippen LogP contribution is -2.43. The van der Waals surface area contributed by atoms with Crippen LogP contribution in [0.3, 0.4) is 0 Å². The zero-order valence-electron chi connectivity index (χ0n) is 12.9. The Morgan fingerprint density at radius 1 is 1.43 bits per heavy atom. The number of nitrogens with two attached hydrogens (primary N) is 1. The minimum Gasteiger partial charge on any atom is -0.489 e. The Hall–Kier alpha value is -2.25. The fourth-order valence-electron chi connectivity index (χ4n) is 2.27. The van der Waals surface area contributed by atoms with E-state index in [1.165, 1.54) is 4.90 Å². The van der Waals surface area contributed by atoms with E-state index in [0.29, 0.717) is 23.8 Å². The quantitative estimate of drug-likeness (QED) is 0.906. The van der Waals surface area contributed by atoms with Gasteiger partial charge in [-0.15, -0.1) is 12.4 Å². The van der Waals surface area contributed by atoms with Crippen molar-refractivity contribution in [1.82, 2.24) is 9.55 Å². The summed E-state index contributed by atoms with van der Waals surface area (Å²) in [7, 11) is 3.59. The first-order chi connectivity index (χ1) is 10.6. The molecule has 2 N–H and O–H groups in total. The summed E-state index contributed by atoms with van der Waals surface area (Å²) in [4.78, 5) is 17.8. The van der Waals surface area contributed by atoms with Crippen LogP contribution in [0.5, 0.6) is 11.5 Å². The molecule has 2 heterocycles. The number of fused-ring (bicyclic) bond motifs is 1. The van der Waals surface area contributed by atoms with E-state index in [9.17, 15) is 4.79 Å². The SMILES string of the molecule is CN1C(=O)[C@@H](N)COc2ccc(OCc3nccn3C)cc21.Cl. The van der Waals surface area contributed by atoms with E-state index in [0.717, 1.165) is 5.82 Å². The summed E-state index contributed by atoms with van der Waals surface area (Å²) in [6.45, 7) is 0.518. The fourth-order valence-corrected chi connectivity index (χ4v) is 2.27. The fraction of sp³-hybridized carbons (Fsp3) is 0.333. The maximum Gasteiger partial charge on any atom is 0.247 e. The maximum absolute atomic E-state index is 12.1. The third-order valence-corrected chi connectivity index (χ3v) is 3.65. The highest BCUT2D eigenvalue weighted by molar-refractivity contribution is 5.98. The monoisotopic (exact) mass is 338 g/mol. The van der Waals surface area contributed by atoms with Crippen LogP contribution >= 0.6 is 12.4 Å². The molecule has 0 spiro atoms. The second-order valence-electron chi connectivity index (χ2n) is 5.19. The summed E-state index contributed by atoms with van der Waals surface area (Å²) in [5, 5.41) is 0. The van der Waals surface area contributed by atoms with Gasteiger partial charge in [0.15, 0.2) is 0 Å². The molecule has 1 atom stereocenters. The molecule has 0 unspecified atom stereocenters. The van der Waals surface area contributed by atoms with Gasteiger partial charge in [-0.3, -0.25) is 4.79 Å². The number of amides is 1. The van der Waals surface area contributed by atoms with Gasteiger partial charge < -0.3 is 24.7 Å². The van der Waals surface area contributed by atoms with Crippen molar-refractivity contribution in [1.29, 1.82) is 0 Å². The van der Waals surface area contributed by atoms with E-state index < -0.39 is 6.04 Å². The molecule has 1 aliphatic heterocycles. The van der Waals surface area contributed by atoms with Crippen LogP contribution in [-0.4, -0.2) is 35.2 Å². The van der Waals surface area contributed by atoms with Crippen molar-refractivity contribution in [2.45, 2.75) is 12.6 Å².